The predicted molar refractivity (Wildman–Crippen MR) is 109 cm³/mol. The molecule has 26 heavy (non-hydrogen) atoms. The Labute approximate surface area is 157 Å². The maximum absolute atomic E-state index is 11.5. The van der Waals surface area contributed by atoms with Gasteiger partial charge in [-0.25, -0.2) is 4.79 Å². The highest BCUT2D eigenvalue weighted by Gasteiger charge is 2.18. The van der Waals surface area contributed by atoms with Crippen LogP contribution in [0, 0.1) is 0 Å². The second-order valence-corrected chi connectivity index (χ2v) is 5.83. The zero-order chi connectivity index (χ0) is 19.5. The van der Waals surface area contributed by atoms with Gasteiger partial charge < -0.3 is 14.7 Å². The number of carboxylic acid groups (broad SMARTS) is 1. The van der Waals surface area contributed by atoms with E-state index in [4.69, 9.17) is 4.74 Å². The van der Waals surface area contributed by atoms with Crippen LogP contribution in [-0.4, -0.2) is 24.7 Å². The average molecular weight is 357 g/mol. The highest BCUT2D eigenvalue weighted by molar-refractivity contribution is 5.90. The summed E-state index contributed by atoms with van der Waals surface area (Å²) in [5.74, 6) is 0.578. The number of aromatic carboxylic acids is 1. The number of aryl methyl sites for hydroxylation is 1. The molecule has 4 heteroatoms. The van der Waals surface area contributed by atoms with Gasteiger partial charge in [-0.15, -0.1) is 0 Å². The molecule has 0 spiro atoms. The van der Waals surface area contributed by atoms with Crippen LogP contribution in [0.2, 0.25) is 0 Å². The quantitative estimate of drug-likeness (QED) is 0.629. The highest BCUT2D eigenvalue weighted by Crippen LogP contribution is 2.37. The average Bonchev–Trinajstić information content (AvgIpc) is 2.68. The van der Waals surface area contributed by atoms with E-state index in [9.17, 15) is 9.90 Å². The van der Waals surface area contributed by atoms with Crippen molar-refractivity contribution in [3.8, 4) is 11.5 Å². The first-order chi connectivity index (χ1) is 12.6. The SMILES string of the molecule is CC.CCCCN(C)c1cc(C(=O)O)cc(CC)c1Oc1ccccc1. The largest absolute Gasteiger partial charge is 0.478 e. The normalized spacial score (nSPS) is 9.88. The summed E-state index contributed by atoms with van der Waals surface area (Å²) in [5.41, 5.74) is 2.02. The van der Waals surface area contributed by atoms with E-state index >= 15 is 0 Å². The van der Waals surface area contributed by atoms with Gasteiger partial charge in [-0.1, -0.05) is 52.3 Å². The van der Waals surface area contributed by atoms with E-state index in [2.05, 4.69) is 11.8 Å². The minimum absolute atomic E-state index is 0.297. The summed E-state index contributed by atoms with van der Waals surface area (Å²) in [6.07, 6.45) is 2.83. The monoisotopic (exact) mass is 357 g/mol. The zero-order valence-corrected chi connectivity index (χ0v) is 16.6. The second kappa shape index (κ2) is 11.2. The summed E-state index contributed by atoms with van der Waals surface area (Å²) in [4.78, 5) is 13.5. The van der Waals surface area contributed by atoms with Crippen LogP contribution in [0.4, 0.5) is 5.69 Å². The van der Waals surface area contributed by atoms with Crippen LogP contribution in [0.1, 0.15) is 56.5 Å². The van der Waals surface area contributed by atoms with Gasteiger partial charge in [0.15, 0.2) is 5.75 Å². The molecule has 0 bridgehead atoms. The lowest BCUT2D eigenvalue weighted by atomic mass is 10.0. The molecule has 0 aromatic heterocycles. The first-order valence-corrected chi connectivity index (χ1v) is 9.41. The number of anilines is 1. The Hall–Kier alpha value is -2.49. The van der Waals surface area contributed by atoms with Crippen molar-refractivity contribution in [3.63, 3.8) is 0 Å². The fourth-order valence-electron chi connectivity index (χ4n) is 2.58. The lowest BCUT2D eigenvalue weighted by molar-refractivity contribution is 0.0697. The van der Waals surface area contributed by atoms with Crippen LogP contribution in [-0.2, 0) is 6.42 Å². The fourth-order valence-corrected chi connectivity index (χ4v) is 2.58. The first-order valence-electron chi connectivity index (χ1n) is 9.41. The molecule has 2 rings (SSSR count). The Morgan fingerprint density at radius 3 is 2.31 bits per heavy atom. The molecular weight excluding hydrogens is 326 g/mol. The van der Waals surface area contributed by atoms with E-state index in [1.54, 1.807) is 12.1 Å². The van der Waals surface area contributed by atoms with Gasteiger partial charge in [-0.05, 0) is 42.7 Å². The third kappa shape index (κ3) is 5.80. The van der Waals surface area contributed by atoms with E-state index in [-0.39, 0.29) is 0 Å². The molecule has 0 unspecified atom stereocenters. The van der Waals surface area contributed by atoms with E-state index in [1.165, 1.54) is 0 Å². The minimum atomic E-state index is -0.916. The lowest BCUT2D eigenvalue weighted by Crippen LogP contribution is -2.20. The van der Waals surface area contributed by atoms with Crippen molar-refractivity contribution in [2.24, 2.45) is 0 Å². The second-order valence-electron chi connectivity index (χ2n) is 5.83. The number of ether oxygens (including phenoxy) is 1. The Balaban J connectivity index is 0.00000163. The van der Waals surface area contributed by atoms with E-state index in [0.717, 1.165) is 42.1 Å². The maximum atomic E-state index is 11.5. The number of hydrogen-bond donors (Lipinski definition) is 1. The van der Waals surface area contributed by atoms with Gasteiger partial charge in [0, 0.05) is 13.6 Å². The molecule has 0 saturated heterocycles. The molecule has 0 aliphatic rings. The summed E-state index contributed by atoms with van der Waals surface area (Å²) < 4.78 is 6.13. The van der Waals surface area contributed by atoms with Crippen molar-refractivity contribution >= 4 is 11.7 Å². The van der Waals surface area contributed by atoms with Gasteiger partial charge in [0.1, 0.15) is 5.75 Å². The van der Waals surface area contributed by atoms with Crippen LogP contribution in [0.15, 0.2) is 42.5 Å². The van der Waals surface area contributed by atoms with Gasteiger partial charge in [-0.2, -0.15) is 0 Å². The molecule has 0 fully saturated rings. The molecule has 2 aromatic carbocycles. The van der Waals surface area contributed by atoms with Crippen molar-refractivity contribution < 1.29 is 14.6 Å². The van der Waals surface area contributed by atoms with Crippen molar-refractivity contribution in [1.29, 1.82) is 0 Å². The molecule has 2 aromatic rings. The van der Waals surface area contributed by atoms with Gasteiger partial charge in [0.05, 0.1) is 11.3 Å². The van der Waals surface area contributed by atoms with Gasteiger partial charge in [-0.3, -0.25) is 0 Å². The molecule has 0 radical (unpaired) electrons. The number of para-hydroxylation sites is 1. The molecule has 0 heterocycles. The first kappa shape index (κ1) is 21.6. The lowest BCUT2D eigenvalue weighted by Gasteiger charge is -2.24. The van der Waals surface area contributed by atoms with E-state index in [1.807, 2.05) is 58.2 Å². The van der Waals surface area contributed by atoms with E-state index < -0.39 is 5.97 Å². The number of rotatable bonds is 8. The summed E-state index contributed by atoms with van der Waals surface area (Å²) in [6.45, 7) is 9.00. The number of carboxylic acids is 1. The van der Waals surface area contributed by atoms with Gasteiger partial charge >= 0.3 is 5.97 Å². The summed E-state index contributed by atoms with van der Waals surface area (Å²) in [7, 11) is 1.98. The molecule has 1 N–H and O–H groups in total. The number of unbranched alkanes of at least 4 members (excludes halogenated alkanes) is 1. The molecule has 0 aliphatic carbocycles. The highest BCUT2D eigenvalue weighted by atomic mass is 16.5. The Bertz CT molecular complexity index is 683. The molecule has 0 saturated carbocycles. The summed E-state index contributed by atoms with van der Waals surface area (Å²) >= 11 is 0. The minimum Gasteiger partial charge on any atom is -0.478 e. The summed E-state index contributed by atoms with van der Waals surface area (Å²) in [6, 6.07) is 13.0. The van der Waals surface area contributed by atoms with Crippen LogP contribution < -0.4 is 9.64 Å². The molecule has 142 valence electrons. The number of hydrogen-bond acceptors (Lipinski definition) is 3. The molecule has 0 atom stereocenters. The van der Waals surface area contributed by atoms with Crippen molar-refractivity contribution in [1.82, 2.24) is 0 Å². The fraction of sp³-hybridized carbons (Fsp3) is 0.409. The molecule has 0 aliphatic heterocycles. The zero-order valence-electron chi connectivity index (χ0n) is 16.6. The number of nitrogens with zero attached hydrogens (tertiary/aromatic N) is 1. The van der Waals surface area contributed by atoms with Crippen LogP contribution >= 0.6 is 0 Å². The Morgan fingerprint density at radius 2 is 1.77 bits per heavy atom. The van der Waals surface area contributed by atoms with Crippen molar-refractivity contribution in [2.75, 3.05) is 18.5 Å². The van der Waals surface area contributed by atoms with Crippen LogP contribution in [0.3, 0.4) is 0 Å². The Morgan fingerprint density at radius 1 is 1.12 bits per heavy atom. The summed E-state index contributed by atoms with van der Waals surface area (Å²) in [5, 5.41) is 9.41. The third-order valence-corrected chi connectivity index (χ3v) is 4.00. The molecular formula is C22H31NO3. The molecule has 0 amide bonds. The third-order valence-electron chi connectivity index (χ3n) is 4.00. The van der Waals surface area contributed by atoms with Crippen LogP contribution in [0.5, 0.6) is 11.5 Å². The van der Waals surface area contributed by atoms with Crippen LogP contribution in [0.25, 0.3) is 0 Å². The Kier molecular flexibility index (Phi) is 9.27. The van der Waals surface area contributed by atoms with Gasteiger partial charge in [0.25, 0.3) is 0 Å². The number of carbonyl (C=O) groups is 1. The van der Waals surface area contributed by atoms with Crippen molar-refractivity contribution in [3.05, 3.63) is 53.6 Å². The maximum Gasteiger partial charge on any atom is 0.335 e. The smallest absolute Gasteiger partial charge is 0.335 e. The topological polar surface area (TPSA) is 49.8 Å². The predicted octanol–water partition coefficient (Wildman–Crippen LogP) is 6.00. The van der Waals surface area contributed by atoms with Crippen molar-refractivity contribution in [2.45, 2.75) is 47.0 Å². The molecule has 4 nitrogen and oxygen atoms in total. The number of benzene rings is 2. The standard InChI is InChI=1S/C20H25NO3.C2H6/c1-4-6-12-21(3)18-14-16(20(22)23)13-15(5-2)19(18)24-17-10-8-7-9-11-17;1-2/h7-11,13-14H,4-6,12H2,1-3H3,(H,22,23);1-2H3. The van der Waals surface area contributed by atoms with E-state index in [0.29, 0.717) is 12.0 Å². The van der Waals surface area contributed by atoms with Gasteiger partial charge in [0.2, 0.25) is 0 Å².